The number of cyclic esters (lactones) is 2. The maximum Gasteiger partial charge on any atom is 0.604 e. The van der Waals surface area contributed by atoms with Crippen molar-refractivity contribution in [1.82, 2.24) is 0 Å². The van der Waals surface area contributed by atoms with Crippen molar-refractivity contribution >= 4 is 17.8 Å². The summed E-state index contributed by atoms with van der Waals surface area (Å²) in [5.41, 5.74) is 0.438. The molecule has 0 aromatic rings. The lowest BCUT2D eigenvalue weighted by Gasteiger charge is -2.15. The molecule has 1 heterocycles. The number of rotatable bonds is 0. The summed E-state index contributed by atoms with van der Waals surface area (Å²) in [7, 11) is 1.47. The Bertz CT molecular complexity index is 420. The van der Waals surface area contributed by atoms with Crippen LogP contribution in [0, 0.1) is 5.92 Å². The van der Waals surface area contributed by atoms with E-state index in [-0.39, 0.29) is 0 Å². The molecule has 0 aromatic heterocycles. The van der Waals surface area contributed by atoms with Gasteiger partial charge in [0.2, 0.25) is 5.71 Å². The predicted molar refractivity (Wildman–Crippen MR) is 44.5 cm³/mol. The minimum absolute atomic E-state index is 0.438. The van der Waals surface area contributed by atoms with E-state index < -0.39 is 23.8 Å². The van der Waals surface area contributed by atoms with Crippen LogP contribution in [0.1, 0.15) is 0 Å². The van der Waals surface area contributed by atoms with Crippen LogP contribution in [0.5, 0.6) is 0 Å². The quantitative estimate of drug-likeness (QED) is 0.327. The fourth-order valence-electron chi connectivity index (χ4n) is 1.40. The highest BCUT2D eigenvalue weighted by molar-refractivity contribution is 6.13. The molecule has 72 valence electrons. The first-order chi connectivity index (χ1) is 6.59. The fourth-order valence-corrected chi connectivity index (χ4v) is 1.40. The number of carbonyl (C=O) groups excluding carboxylic acids is 2. The lowest BCUT2D eigenvalue weighted by Crippen LogP contribution is -2.41. The largest absolute Gasteiger partial charge is 0.604 e. The summed E-state index contributed by atoms with van der Waals surface area (Å²) < 4.78 is 18.4. The minimum Gasteiger partial charge on any atom is -0.336 e. The van der Waals surface area contributed by atoms with E-state index in [4.69, 9.17) is 0 Å². The number of hydrogen-bond donors (Lipinski definition) is 0. The van der Waals surface area contributed by atoms with E-state index in [1.165, 1.54) is 23.8 Å². The van der Waals surface area contributed by atoms with Gasteiger partial charge in [0, 0.05) is 6.08 Å². The molecular weight excluding hydrogens is 189 g/mol. The Morgan fingerprint density at radius 1 is 1.43 bits per heavy atom. The van der Waals surface area contributed by atoms with Crippen LogP contribution in [-0.2, 0) is 9.53 Å². The molecule has 14 heavy (non-hydrogen) atoms. The van der Waals surface area contributed by atoms with Crippen LogP contribution >= 0.6 is 0 Å². The molecule has 0 saturated carbocycles. The molecule has 0 aromatic carbocycles. The maximum atomic E-state index is 12.8. The van der Waals surface area contributed by atoms with Crippen molar-refractivity contribution in [3.05, 3.63) is 24.1 Å². The highest BCUT2D eigenvalue weighted by atomic mass is 19.1. The standard InChI is InChI=1S/C9H7FNO3/c1-11-7-3-2-5(10)4-6(7)8(12)14-9(11)13/h2-4,6H,1H3/q+1. The molecule has 0 N–H and O–H groups in total. The van der Waals surface area contributed by atoms with E-state index in [0.29, 0.717) is 5.71 Å². The number of nitrogens with zero attached hydrogens (tertiary/aromatic N) is 1. The number of amides is 1. The Balaban J connectivity index is 2.53. The topological polar surface area (TPSA) is 46.4 Å². The predicted octanol–water partition coefficient (Wildman–Crippen LogP) is 0.786. The molecule has 5 heteroatoms. The highest BCUT2D eigenvalue weighted by Crippen LogP contribution is 2.20. The van der Waals surface area contributed by atoms with Crippen molar-refractivity contribution in [2.24, 2.45) is 5.92 Å². The van der Waals surface area contributed by atoms with Crippen LogP contribution in [0.25, 0.3) is 0 Å². The molecule has 0 saturated heterocycles. The maximum absolute atomic E-state index is 12.8. The van der Waals surface area contributed by atoms with E-state index >= 15 is 0 Å². The van der Waals surface area contributed by atoms with E-state index in [0.717, 1.165) is 6.08 Å². The second-order valence-electron chi connectivity index (χ2n) is 3.03. The van der Waals surface area contributed by atoms with Crippen LogP contribution < -0.4 is 0 Å². The smallest absolute Gasteiger partial charge is 0.336 e. The zero-order chi connectivity index (χ0) is 10.3. The first kappa shape index (κ1) is 8.80. The second-order valence-corrected chi connectivity index (χ2v) is 3.03. The van der Waals surface area contributed by atoms with E-state index in [2.05, 4.69) is 4.74 Å². The van der Waals surface area contributed by atoms with Crippen LogP contribution in [0.15, 0.2) is 24.1 Å². The Kier molecular flexibility index (Phi) is 1.80. The monoisotopic (exact) mass is 196 g/mol. The van der Waals surface area contributed by atoms with Gasteiger partial charge in [-0.25, -0.2) is 4.39 Å². The van der Waals surface area contributed by atoms with Gasteiger partial charge in [-0.1, -0.05) is 0 Å². The molecule has 0 spiro atoms. The molecule has 1 aliphatic carbocycles. The molecule has 0 radical (unpaired) electrons. The molecular formula is C9H7FNO3+. The molecule has 1 atom stereocenters. The van der Waals surface area contributed by atoms with Gasteiger partial charge in [-0.05, 0) is 12.2 Å². The zero-order valence-corrected chi connectivity index (χ0v) is 7.36. The van der Waals surface area contributed by atoms with Crippen LogP contribution in [-0.4, -0.2) is 29.4 Å². The molecule has 2 aliphatic rings. The van der Waals surface area contributed by atoms with Gasteiger partial charge in [0.15, 0.2) is 5.92 Å². The average Bonchev–Trinajstić information content (AvgIpc) is 2.14. The van der Waals surface area contributed by atoms with Gasteiger partial charge in [-0.3, -0.25) is 4.79 Å². The van der Waals surface area contributed by atoms with E-state index in [1.807, 2.05) is 0 Å². The fraction of sp³-hybridized carbons (Fsp3) is 0.222. The molecule has 2 rings (SSSR count). The summed E-state index contributed by atoms with van der Waals surface area (Å²) >= 11 is 0. The van der Waals surface area contributed by atoms with Gasteiger partial charge in [0.25, 0.3) is 0 Å². The molecule has 1 aliphatic heterocycles. The summed E-state index contributed by atoms with van der Waals surface area (Å²) in [6.45, 7) is 0. The number of esters is 1. The third kappa shape index (κ3) is 1.17. The number of hydrogen-bond acceptors (Lipinski definition) is 3. The Morgan fingerprint density at radius 2 is 2.14 bits per heavy atom. The van der Waals surface area contributed by atoms with Gasteiger partial charge in [0.1, 0.15) is 12.9 Å². The van der Waals surface area contributed by atoms with Crippen molar-refractivity contribution in [2.75, 3.05) is 7.05 Å². The Hall–Kier alpha value is -1.78. The summed E-state index contributed by atoms with van der Waals surface area (Å²) in [4.78, 5) is 22.2. The third-order valence-corrected chi connectivity index (χ3v) is 2.16. The number of carbonyl (C=O) groups is 2. The minimum atomic E-state index is -0.803. The first-order valence-electron chi connectivity index (χ1n) is 4.01. The summed E-state index contributed by atoms with van der Waals surface area (Å²) in [5.74, 6) is -2.04. The van der Waals surface area contributed by atoms with Crippen molar-refractivity contribution in [3.8, 4) is 0 Å². The normalized spacial score (nSPS) is 25.9. The van der Waals surface area contributed by atoms with Gasteiger partial charge < -0.3 is 4.74 Å². The molecule has 0 bridgehead atoms. The van der Waals surface area contributed by atoms with Gasteiger partial charge in [-0.15, -0.1) is 4.58 Å². The molecule has 1 amide bonds. The lowest BCUT2D eigenvalue weighted by atomic mass is 9.97. The van der Waals surface area contributed by atoms with Crippen LogP contribution in [0.3, 0.4) is 0 Å². The summed E-state index contributed by atoms with van der Waals surface area (Å²) in [6.07, 6.45) is 2.99. The van der Waals surface area contributed by atoms with Gasteiger partial charge >= 0.3 is 12.1 Å². The van der Waals surface area contributed by atoms with Crippen LogP contribution in [0.4, 0.5) is 9.18 Å². The van der Waals surface area contributed by atoms with E-state index in [1.54, 1.807) is 0 Å². The number of ether oxygens (including phenoxy) is 1. The van der Waals surface area contributed by atoms with Crippen LogP contribution in [0.2, 0.25) is 0 Å². The summed E-state index contributed by atoms with van der Waals surface area (Å²) in [5, 5.41) is 0. The van der Waals surface area contributed by atoms with Crippen molar-refractivity contribution < 1.29 is 23.3 Å². The number of allylic oxidation sites excluding steroid dienone is 3. The Morgan fingerprint density at radius 3 is 2.86 bits per heavy atom. The molecule has 0 fully saturated rings. The van der Waals surface area contributed by atoms with E-state index in [9.17, 15) is 14.0 Å². The second kappa shape index (κ2) is 2.87. The third-order valence-electron chi connectivity index (χ3n) is 2.16. The number of halogens is 1. The molecule has 1 unspecified atom stereocenters. The van der Waals surface area contributed by atoms with Gasteiger partial charge in [0.05, 0.1) is 0 Å². The number of fused-ring (bicyclic) bond motifs is 1. The zero-order valence-electron chi connectivity index (χ0n) is 7.36. The molecule has 4 nitrogen and oxygen atoms in total. The SMILES string of the molecule is C[N+]1=C2C=CC(F)=CC2C(=O)OC1=O. The lowest BCUT2D eigenvalue weighted by molar-refractivity contribution is -0.416. The average molecular weight is 196 g/mol. The first-order valence-corrected chi connectivity index (χ1v) is 4.01. The van der Waals surface area contributed by atoms with Crippen molar-refractivity contribution in [3.63, 3.8) is 0 Å². The van der Waals surface area contributed by atoms with Crippen molar-refractivity contribution in [1.29, 1.82) is 0 Å². The highest BCUT2D eigenvalue weighted by Gasteiger charge is 2.41. The van der Waals surface area contributed by atoms with Crippen molar-refractivity contribution in [2.45, 2.75) is 0 Å². The summed E-state index contributed by atoms with van der Waals surface area (Å²) in [6, 6.07) is 0. The Labute approximate surface area is 79.0 Å². The van der Waals surface area contributed by atoms with Gasteiger partial charge in [-0.2, -0.15) is 4.79 Å².